The largest absolute Gasteiger partial charge is 0.497 e. The molecule has 0 amide bonds. The van der Waals surface area contributed by atoms with Crippen LogP contribution >= 0.6 is 0 Å². The number of carbonyl (C=O) groups is 1. The molecule has 0 radical (unpaired) electrons. The number of aromatic nitrogens is 5. The van der Waals surface area contributed by atoms with E-state index in [1.807, 2.05) is 81.4 Å². The van der Waals surface area contributed by atoms with Crippen LogP contribution in [0.1, 0.15) is 52.0 Å². The van der Waals surface area contributed by atoms with Gasteiger partial charge >= 0.3 is 5.97 Å². The number of hydrogen-bond acceptors (Lipinski definition) is 9. The highest BCUT2D eigenvalue weighted by atomic mass is 16.6. The van der Waals surface area contributed by atoms with Crippen molar-refractivity contribution in [3.63, 3.8) is 0 Å². The van der Waals surface area contributed by atoms with E-state index in [4.69, 9.17) is 23.9 Å². The van der Waals surface area contributed by atoms with Gasteiger partial charge in [0.05, 0.1) is 25.3 Å². The number of nitrogens with one attached hydrogen (secondary N) is 1. The first-order valence-corrected chi connectivity index (χ1v) is 15.4. The zero-order valence-electron chi connectivity index (χ0n) is 26.4. The first kappa shape index (κ1) is 30.8. The van der Waals surface area contributed by atoms with Gasteiger partial charge < -0.3 is 23.9 Å². The second kappa shape index (κ2) is 13.0. The predicted molar refractivity (Wildman–Crippen MR) is 173 cm³/mol. The van der Waals surface area contributed by atoms with Crippen LogP contribution in [-0.2, 0) is 16.1 Å². The van der Waals surface area contributed by atoms with Crippen LogP contribution in [0.15, 0.2) is 71.5 Å². The van der Waals surface area contributed by atoms with Crippen LogP contribution < -0.4 is 19.8 Å². The quantitative estimate of drug-likeness (QED) is 0.188. The van der Waals surface area contributed by atoms with Crippen LogP contribution in [0, 0.1) is 0 Å². The summed E-state index contributed by atoms with van der Waals surface area (Å²) in [5.74, 6) is 1.83. The number of fused-ring (bicyclic) bond motifs is 1. The molecule has 0 atom stereocenters. The molecule has 1 N–H and O–H groups in total. The molecule has 1 aliphatic rings. The summed E-state index contributed by atoms with van der Waals surface area (Å²) in [4.78, 5) is 33.1. The van der Waals surface area contributed by atoms with Gasteiger partial charge in [-0.25, -0.2) is 14.5 Å². The Bertz CT molecular complexity index is 1900. The number of esters is 1. The number of rotatable bonds is 10. The van der Waals surface area contributed by atoms with Crippen LogP contribution in [0.3, 0.4) is 0 Å². The minimum atomic E-state index is -0.587. The van der Waals surface area contributed by atoms with Crippen LogP contribution in [0.4, 0.5) is 0 Å². The molecule has 3 aromatic carbocycles. The van der Waals surface area contributed by atoms with E-state index in [2.05, 4.69) is 15.3 Å². The van der Waals surface area contributed by atoms with Crippen molar-refractivity contribution in [2.45, 2.75) is 64.7 Å². The molecule has 0 bridgehead atoms. The highest BCUT2D eigenvalue weighted by molar-refractivity contribution is 5.77. The van der Waals surface area contributed by atoms with Crippen LogP contribution in [0.25, 0.3) is 33.7 Å². The zero-order valence-corrected chi connectivity index (χ0v) is 26.4. The van der Waals surface area contributed by atoms with Gasteiger partial charge in [0.2, 0.25) is 0 Å². The molecular formula is C35H37N5O6. The van der Waals surface area contributed by atoms with E-state index in [1.165, 1.54) is 0 Å². The van der Waals surface area contributed by atoms with Crippen molar-refractivity contribution in [3.05, 3.63) is 82.6 Å². The van der Waals surface area contributed by atoms with Gasteiger partial charge in [-0.15, -0.1) is 5.10 Å². The number of H-pyrrole nitrogens is 1. The number of ether oxygens (including phenoxy) is 4. The number of carbonyl (C=O) groups excluding carboxylic acids is 1. The molecule has 46 heavy (non-hydrogen) atoms. The minimum absolute atomic E-state index is 0.0650. The van der Waals surface area contributed by atoms with Crippen molar-refractivity contribution in [1.29, 1.82) is 0 Å². The summed E-state index contributed by atoms with van der Waals surface area (Å²) in [6, 6.07) is 20.9. The fourth-order valence-corrected chi connectivity index (χ4v) is 5.46. The second-order valence-corrected chi connectivity index (χ2v) is 12.3. The molecule has 1 aliphatic carbocycles. The normalized spacial score (nSPS) is 13.6. The van der Waals surface area contributed by atoms with Crippen molar-refractivity contribution in [2.75, 3.05) is 13.7 Å². The first-order chi connectivity index (χ1) is 22.1. The van der Waals surface area contributed by atoms with Crippen molar-refractivity contribution in [1.82, 2.24) is 25.0 Å². The van der Waals surface area contributed by atoms with Gasteiger partial charge in [0, 0.05) is 0 Å². The highest BCUT2D eigenvalue weighted by Crippen LogP contribution is 2.36. The summed E-state index contributed by atoms with van der Waals surface area (Å²) < 4.78 is 24.5. The number of aromatic amines is 1. The van der Waals surface area contributed by atoms with E-state index < -0.39 is 11.6 Å². The first-order valence-electron chi connectivity index (χ1n) is 15.4. The van der Waals surface area contributed by atoms with E-state index in [0.717, 1.165) is 48.1 Å². The summed E-state index contributed by atoms with van der Waals surface area (Å²) in [5, 5.41) is 8.32. The molecule has 2 heterocycles. The van der Waals surface area contributed by atoms with Crippen molar-refractivity contribution >= 4 is 17.1 Å². The lowest BCUT2D eigenvalue weighted by Gasteiger charge is -2.19. The SMILES string of the molecule is COc1ccc(Cn2nnc3c(=O)[nH]c(-c4ccc(-c5cccc(OCC(=O)OC(C)(C)C)c5)cc4OC4CCCC4)nc32)cc1. The Morgan fingerprint density at radius 3 is 2.48 bits per heavy atom. The smallest absolute Gasteiger partial charge is 0.344 e. The molecule has 6 rings (SSSR count). The van der Waals surface area contributed by atoms with Crippen molar-refractivity contribution in [3.8, 4) is 39.8 Å². The fraction of sp³-hybridized carbons (Fsp3) is 0.343. The zero-order chi connectivity index (χ0) is 32.3. The highest BCUT2D eigenvalue weighted by Gasteiger charge is 2.22. The third-order valence-corrected chi connectivity index (χ3v) is 7.64. The second-order valence-electron chi connectivity index (χ2n) is 12.3. The van der Waals surface area contributed by atoms with Gasteiger partial charge in [0.1, 0.15) is 28.7 Å². The molecule has 11 nitrogen and oxygen atoms in total. The predicted octanol–water partition coefficient (Wildman–Crippen LogP) is 5.95. The topological polar surface area (TPSA) is 130 Å². The van der Waals surface area contributed by atoms with Crippen LogP contribution in [-0.4, -0.2) is 56.4 Å². The van der Waals surface area contributed by atoms with Gasteiger partial charge in [-0.3, -0.25) is 4.79 Å². The monoisotopic (exact) mass is 623 g/mol. The number of methoxy groups -OCH3 is 1. The number of hydrogen-bond donors (Lipinski definition) is 1. The van der Waals surface area contributed by atoms with Crippen LogP contribution in [0.2, 0.25) is 0 Å². The Labute approximate surface area is 266 Å². The van der Waals surface area contributed by atoms with Crippen molar-refractivity contribution in [2.24, 2.45) is 0 Å². The van der Waals surface area contributed by atoms with Gasteiger partial charge in [-0.05, 0) is 99.5 Å². The van der Waals surface area contributed by atoms with Crippen molar-refractivity contribution < 1.29 is 23.7 Å². The van der Waals surface area contributed by atoms with Crippen LogP contribution in [0.5, 0.6) is 17.2 Å². The van der Waals surface area contributed by atoms with E-state index in [1.54, 1.807) is 17.9 Å². The van der Waals surface area contributed by atoms with Gasteiger partial charge in [0.25, 0.3) is 5.56 Å². The molecular weight excluding hydrogens is 586 g/mol. The molecule has 11 heteroatoms. The van der Waals surface area contributed by atoms with Gasteiger partial charge in [-0.1, -0.05) is 35.5 Å². The maximum absolute atomic E-state index is 13.2. The molecule has 0 unspecified atom stereocenters. The third kappa shape index (κ3) is 7.20. The summed E-state index contributed by atoms with van der Waals surface area (Å²) in [6.07, 6.45) is 4.19. The Balaban J connectivity index is 1.32. The Hall–Kier alpha value is -5.19. The van der Waals surface area contributed by atoms with E-state index in [9.17, 15) is 9.59 Å². The standard InChI is InChI=1S/C35H37N5O6/c1-35(2,3)46-30(41)21-44-27-11-7-8-23(18-27)24-14-17-28(29(19-24)45-26-9-5-6-10-26)32-36-33-31(34(42)37-32)38-39-40(33)20-22-12-15-25(43-4)16-13-22/h7-8,11-19,26H,5-6,9-10,20-21H2,1-4H3,(H,36,37,42). The average molecular weight is 624 g/mol. The number of benzene rings is 3. The Kier molecular flexibility index (Phi) is 8.74. The lowest BCUT2D eigenvalue weighted by atomic mass is 10.0. The van der Waals surface area contributed by atoms with E-state index in [0.29, 0.717) is 35.1 Å². The minimum Gasteiger partial charge on any atom is -0.497 e. The number of nitrogens with zero attached hydrogens (tertiary/aromatic N) is 4. The molecule has 2 aromatic heterocycles. The van der Waals surface area contributed by atoms with Gasteiger partial charge in [0.15, 0.2) is 17.8 Å². The Morgan fingerprint density at radius 1 is 0.978 bits per heavy atom. The Morgan fingerprint density at radius 2 is 1.74 bits per heavy atom. The van der Waals surface area contributed by atoms with E-state index in [-0.39, 0.29) is 23.8 Å². The molecule has 0 aliphatic heterocycles. The van der Waals surface area contributed by atoms with Gasteiger partial charge in [-0.2, -0.15) is 0 Å². The lowest BCUT2D eigenvalue weighted by molar-refractivity contribution is -0.157. The fourth-order valence-electron chi connectivity index (χ4n) is 5.46. The molecule has 1 saturated carbocycles. The van der Waals surface area contributed by atoms with E-state index >= 15 is 0 Å². The molecule has 5 aromatic rings. The molecule has 0 spiro atoms. The maximum atomic E-state index is 13.2. The lowest BCUT2D eigenvalue weighted by Crippen LogP contribution is -2.27. The summed E-state index contributed by atoms with van der Waals surface area (Å²) in [7, 11) is 1.62. The summed E-state index contributed by atoms with van der Waals surface area (Å²) >= 11 is 0. The summed E-state index contributed by atoms with van der Waals surface area (Å²) in [6.45, 7) is 5.64. The third-order valence-electron chi connectivity index (χ3n) is 7.64. The molecule has 238 valence electrons. The molecule has 1 fully saturated rings. The maximum Gasteiger partial charge on any atom is 0.344 e. The average Bonchev–Trinajstić information content (AvgIpc) is 3.70. The summed E-state index contributed by atoms with van der Waals surface area (Å²) in [5.41, 5.74) is 2.95. The molecule has 0 saturated heterocycles.